The zero-order valence-corrected chi connectivity index (χ0v) is 11.1. The van der Waals surface area contributed by atoms with Crippen LogP contribution in [0.1, 0.15) is 29.8 Å². The van der Waals surface area contributed by atoms with Gasteiger partial charge in [-0.25, -0.2) is 0 Å². The highest BCUT2D eigenvalue weighted by atomic mass is 35.5. The summed E-state index contributed by atoms with van der Waals surface area (Å²) in [5.41, 5.74) is 0.303. The molecule has 2 rings (SSSR count). The van der Waals surface area contributed by atoms with E-state index < -0.39 is 0 Å². The molecule has 0 radical (unpaired) electrons. The molecule has 0 aliphatic carbocycles. The highest BCUT2D eigenvalue weighted by Crippen LogP contribution is 2.14. The van der Waals surface area contributed by atoms with Crippen LogP contribution in [0.2, 0.25) is 5.15 Å². The first-order valence-corrected chi connectivity index (χ1v) is 6.41. The zero-order chi connectivity index (χ0) is 13.0. The molecule has 18 heavy (non-hydrogen) atoms. The number of aromatic nitrogens is 2. The fraction of sp³-hybridized carbons (Fsp3) is 0.583. The van der Waals surface area contributed by atoms with Crippen LogP contribution in [0.4, 0.5) is 0 Å². The molecule has 1 amide bonds. The number of ether oxygens (including phenoxy) is 1. The average Bonchev–Trinajstić information content (AvgIpc) is 2.40. The van der Waals surface area contributed by atoms with Gasteiger partial charge in [0.05, 0.1) is 6.10 Å². The van der Waals surface area contributed by atoms with E-state index in [0.29, 0.717) is 12.2 Å². The average molecular weight is 270 g/mol. The lowest BCUT2D eigenvalue weighted by Gasteiger charge is -2.27. The lowest BCUT2D eigenvalue weighted by Crippen LogP contribution is -2.37. The second-order valence-corrected chi connectivity index (χ2v) is 4.80. The number of carbonyl (C=O) groups is 1. The molecule has 2 heterocycles. The third-order valence-corrected chi connectivity index (χ3v) is 3.15. The predicted octanol–water partition coefficient (Wildman–Crippen LogP) is 1.77. The topological polar surface area (TPSA) is 55.3 Å². The molecule has 6 heteroatoms. The summed E-state index contributed by atoms with van der Waals surface area (Å²) in [6.07, 6.45) is 3.40. The molecule has 1 aliphatic heterocycles. The van der Waals surface area contributed by atoms with E-state index in [4.69, 9.17) is 16.3 Å². The molecule has 1 saturated heterocycles. The standard InChI is InChI=1S/C12H16ClN3O2/c1-16(8-9-4-2-3-7-18-9)12(17)10-5-6-11(13)15-14-10/h5-6,9H,2-4,7-8H2,1H3. The van der Waals surface area contributed by atoms with Crippen LogP contribution in [-0.4, -0.2) is 47.3 Å². The molecule has 0 spiro atoms. The SMILES string of the molecule is CN(CC1CCCCO1)C(=O)c1ccc(Cl)nn1. The van der Waals surface area contributed by atoms with Gasteiger partial charge in [0.15, 0.2) is 10.8 Å². The van der Waals surface area contributed by atoms with Crippen molar-refractivity contribution in [2.45, 2.75) is 25.4 Å². The minimum Gasteiger partial charge on any atom is -0.376 e. The van der Waals surface area contributed by atoms with Crippen LogP contribution in [0.25, 0.3) is 0 Å². The van der Waals surface area contributed by atoms with E-state index in [9.17, 15) is 4.79 Å². The predicted molar refractivity (Wildman–Crippen MR) is 67.6 cm³/mol. The van der Waals surface area contributed by atoms with Crippen molar-refractivity contribution in [2.75, 3.05) is 20.2 Å². The Bertz CT molecular complexity index is 404. The quantitative estimate of drug-likeness (QED) is 0.839. The normalized spacial score (nSPS) is 19.6. The Morgan fingerprint density at radius 2 is 2.33 bits per heavy atom. The van der Waals surface area contributed by atoms with Gasteiger partial charge in [-0.1, -0.05) is 11.6 Å². The highest BCUT2D eigenvalue weighted by molar-refractivity contribution is 6.29. The Hall–Kier alpha value is -1.20. The van der Waals surface area contributed by atoms with Crippen LogP contribution < -0.4 is 0 Å². The Kier molecular flexibility index (Phi) is 4.49. The Morgan fingerprint density at radius 3 is 2.94 bits per heavy atom. The van der Waals surface area contributed by atoms with E-state index in [1.807, 2.05) is 0 Å². The monoisotopic (exact) mass is 269 g/mol. The minimum absolute atomic E-state index is 0.132. The van der Waals surface area contributed by atoms with E-state index >= 15 is 0 Å². The van der Waals surface area contributed by atoms with Crippen LogP contribution in [0.3, 0.4) is 0 Å². The Labute approximate surface area is 111 Å². The summed E-state index contributed by atoms with van der Waals surface area (Å²) in [7, 11) is 1.75. The summed E-state index contributed by atoms with van der Waals surface area (Å²) < 4.78 is 5.60. The molecule has 1 aromatic heterocycles. The Balaban J connectivity index is 1.93. The molecule has 0 bridgehead atoms. The van der Waals surface area contributed by atoms with Gasteiger partial charge in [-0.3, -0.25) is 4.79 Å². The van der Waals surface area contributed by atoms with Crippen molar-refractivity contribution >= 4 is 17.5 Å². The summed E-state index contributed by atoms with van der Waals surface area (Å²) in [5.74, 6) is -0.159. The van der Waals surface area contributed by atoms with Crippen molar-refractivity contribution in [1.29, 1.82) is 0 Å². The van der Waals surface area contributed by atoms with Crippen LogP contribution in [0.15, 0.2) is 12.1 Å². The number of hydrogen-bond acceptors (Lipinski definition) is 4. The van der Waals surface area contributed by atoms with Gasteiger partial charge in [0.1, 0.15) is 0 Å². The van der Waals surface area contributed by atoms with Crippen LogP contribution in [0.5, 0.6) is 0 Å². The summed E-state index contributed by atoms with van der Waals surface area (Å²) in [6.45, 7) is 1.37. The van der Waals surface area contributed by atoms with Gasteiger partial charge < -0.3 is 9.64 Å². The third-order valence-electron chi connectivity index (χ3n) is 2.95. The third kappa shape index (κ3) is 3.40. The van der Waals surface area contributed by atoms with Crippen molar-refractivity contribution in [3.63, 3.8) is 0 Å². The highest BCUT2D eigenvalue weighted by Gasteiger charge is 2.20. The van der Waals surface area contributed by atoms with E-state index in [1.54, 1.807) is 24.1 Å². The smallest absolute Gasteiger partial charge is 0.274 e. The maximum atomic E-state index is 12.1. The van der Waals surface area contributed by atoms with Gasteiger partial charge in [-0.15, -0.1) is 10.2 Å². The molecule has 1 unspecified atom stereocenters. The summed E-state index contributed by atoms with van der Waals surface area (Å²) in [6, 6.07) is 3.14. The van der Waals surface area contributed by atoms with Crippen molar-refractivity contribution in [2.24, 2.45) is 0 Å². The fourth-order valence-corrected chi connectivity index (χ4v) is 2.07. The summed E-state index contributed by atoms with van der Waals surface area (Å²) >= 11 is 5.63. The minimum atomic E-state index is -0.159. The molecule has 1 aromatic rings. The van der Waals surface area contributed by atoms with Crippen LogP contribution >= 0.6 is 11.6 Å². The molecule has 0 aromatic carbocycles. The number of likely N-dealkylation sites (N-methyl/N-ethyl adjacent to an activating group) is 1. The number of carbonyl (C=O) groups excluding carboxylic acids is 1. The molecule has 1 fully saturated rings. The molecule has 1 atom stereocenters. The number of halogens is 1. The van der Waals surface area contributed by atoms with Crippen molar-refractivity contribution in [3.8, 4) is 0 Å². The maximum absolute atomic E-state index is 12.1. The fourth-order valence-electron chi connectivity index (χ4n) is 1.97. The first-order valence-electron chi connectivity index (χ1n) is 6.03. The molecule has 0 N–H and O–H groups in total. The van der Waals surface area contributed by atoms with Crippen molar-refractivity contribution < 1.29 is 9.53 Å². The molecular formula is C12H16ClN3O2. The first kappa shape index (κ1) is 13.2. The first-order chi connectivity index (χ1) is 8.66. The number of nitrogens with zero attached hydrogens (tertiary/aromatic N) is 3. The number of amides is 1. The summed E-state index contributed by atoms with van der Waals surface area (Å²) in [5, 5.41) is 7.73. The molecule has 5 nitrogen and oxygen atoms in total. The van der Waals surface area contributed by atoms with Gasteiger partial charge in [0, 0.05) is 20.2 Å². The van der Waals surface area contributed by atoms with Gasteiger partial charge >= 0.3 is 0 Å². The maximum Gasteiger partial charge on any atom is 0.274 e. The number of rotatable bonds is 3. The molecule has 98 valence electrons. The van der Waals surface area contributed by atoms with E-state index in [1.165, 1.54) is 0 Å². The van der Waals surface area contributed by atoms with Crippen LogP contribution in [-0.2, 0) is 4.74 Å². The van der Waals surface area contributed by atoms with E-state index in [-0.39, 0.29) is 17.2 Å². The van der Waals surface area contributed by atoms with E-state index in [2.05, 4.69) is 10.2 Å². The zero-order valence-electron chi connectivity index (χ0n) is 10.3. The second kappa shape index (κ2) is 6.11. The van der Waals surface area contributed by atoms with Crippen molar-refractivity contribution in [1.82, 2.24) is 15.1 Å². The van der Waals surface area contributed by atoms with Gasteiger partial charge in [-0.05, 0) is 31.4 Å². The lowest BCUT2D eigenvalue weighted by atomic mass is 10.1. The largest absolute Gasteiger partial charge is 0.376 e. The second-order valence-electron chi connectivity index (χ2n) is 4.42. The lowest BCUT2D eigenvalue weighted by molar-refractivity contribution is -0.000310. The Morgan fingerprint density at radius 1 is 1.50 bits per heavy atom. The van der Waals surface area contributed by atoms with Gasteiger partial charge in [0.2, 0.25) is 0 Å². The van der Waals surface area contributed by atoms with E-state index in [0.717, 1.165) is 25.9 Å². The number of hydrogen-bond donors (Lipinski definition) is 0. The van der Waals surface area contributed by atoms with Gasteiger partial charge in [-0.2, -0.15) is 0 Å². The van der Waals surface area contributed by atoms with Gasteiger partial charge in [0.25, 0.3) is 5.91 Å². The molecule has 1 aliphatic rings. The van der Waals surface area contributed by atoms with Crippen LogP contribution in [0, 0.1) is 0 Å². The molecular weight excluding hydrogens is 254 g/mol. The van der Waals surface area contributed by atoms with Crippen molar-refractivity contribution in [3.05, 3.63) is 23.0 Å². The summed E-state index contributed by atoms with van der Waals surface area (Å²) in [4.78, 5) is 13.7. The molecule has 0 saturated carbocycles.